The van der Waals surface area contributed by atoms with Crippen molar-refractivity contribution in [1.82, 2.24) is 14.5 Å². The van der Waals surface area contributed by atoms with Crippen LogP contribution in [0.25, 0.3) is 16.6 Å². The van der Waals surface area contributed by atoms with Crippen LogP contribution in [0, 0.1) is 6.92 Å². The molecular weight excluding hydrogens is 224 g/mol. The summed E-state index contributed by atoms with van der Waals surface area (Å²) in [6, 6.07) is 10.2. The molecule has 0 amide bonds. The van der Waals surface area contributed by atoms with Gasteiger partial charge in [-0.25, -0.2) is 9.97 Å². The van der Waals surface area contributed by atoms with Crippen molar-refractivity contribution >= 4 is 10.8 Å². The number of nitrogens with two attached hydrogens (primary N) is 1. The van der Waals surface area contributed by atoms with Gasteiger partial charge >= 0.3 is 0 Å². The first kappa shape index (κ1) is 10.9. The maximum absolute atomic E-state index is 5.71. The molecule has 0 spiro atoms. The summed E-state index contributed by atoms with van der Waals surface area (Å²) >= 11 is 0. The average molecular weight is 238 g/mol. The fraction of sp³-hybridized carbons (Fsp3) is 0.143. The van der Waals surface area contributed by atoms with Gasteiger partial charge in [0.1, 0.15) is 11.6 Å². The minimum atomic E-state index is 0.436. The highest BCUT2D eigenvalue weighted by Gasteiger charge is 2.08. The van der Waals surface area contributed by atoms with Gasteiger partial charge in [0, 0.05) is 24.3 Å². The van der Waals surface area contributed by atoms with Crippen molar-refractivity contribution in [1.29, 1.82) is 0 Å². The molecule has 4 nitrogen and oxygen atoms in total. The van der Waals surface area contributed by atoms with E-state index in [0.717, 1.165) is 28.1 Å². The number of rotatable bonds is 2. The van der Waals surface area contributed by atoms with E-state index in [2.05, 4.69) is 22.1 Å². The minimum Gasteiger partial charge on any atom is -0.325 e. The lowest BCUT2D eigenvalue weighted by molar-refractivity contribution is 0.907. The maximum Gasteiger partial charge on any atom is 0.146 e. The van der Waals surface area contributed by atoms with Gasteiger partial charge in [0.2, 0.25) is 0 Å². The molecule has 0 fully saturated rings. The summed E-state index contributed by atoms with van der Waals surface area (Å²) in [5.74, 6) is 1.81. The fourth-order valence-corrected chi connectivity index (χ4v) is 2.12. The van der Waals surface area contributed by atoms with Crippen molar-refractivity contribution in [3.05, 3.63) is 54.2 Å². The molecule has 2 aromatic heterocycles. The molecular formula is C14H14N4. The number of imidazole rings is 1. The van der Waals surface area contributed by atoms with Crippen LogP contribution in [0.3, 0.4) is 0 Å². The minimum absolute atomic E-state index is 0.436. The zero-order valence-electron chi connectivity index (χ0n) is 10.2. The highest BCUT2D eigenvalue weighted by atomic mass is 15.1. The summed E-state index contributed by atoms with van der Waals surface area (Å²) in [6.45, 7) is 2.40. The number of aromatic nitrogens is 3. The third kappa shape index (κ3) is 1.67. The van der Waals surface area contributed by atoms with E-state index in [-0.39, 0.29) is 0 Å². The maximum atomic E-state index is 5.71. The van der Waals surface area contributed by atoms with Gasteiger partial charge in [-0.1, -0.05) is 24.3 Å². The van der Waals surface area contributed by atoms with E-state index in [4.69, 9.17) is 5.73 Å². The summed E-state index contributed by atoms with van der Waals surface area (Å²) in [6.07, 6.45) is 3.70. The predicted molar refractivity (Wildman–Crippen MR) is 71.5 cm³/mol. The van der Waals surface area contributed by atoms with E-state index in [1.807, 2.05) is 35.9 Å². The van der Waals surface area contributed by atoms with Crippen LogP contribution in [0.2, 0.25) is 0 Å². The summed E-state index contributed by atoms with van der Waals surface area (Å²) < 4.78 is 1.99. The third-order valence-corrected chi connectivity index (χ3v) is 3.04. The molecule has 0 radical (unpaired) electrons. The molecule has 2 heterocycles. The lowest BCUT2D eigenvalue weighted by Gasteiger charge is -2.10. The van der Waals surface area contributed by atoms with Crippen LogP contribution < -0.4 is 5.73 Å². The molecule has 0 bridgehead atoms. The molecule has 0 aliphatic heterocycles. The van der Waals surface area contributed by atoms with Crippen LogP contribution in [-0.4, -0.2) is 14.5 Å². The molecule has 0 atom stereocenters. The highest BCUT2D eigenvalue weighted by Crippen LogP contribution is 2.22. The van der Waals surface area contributed by atoms with Crippen molar-refractivity contribution < 1.29 is 0 Å². The number of hydrogen-bond donors (Lipinski definition) is 1. The van der Waals surface area contributed by atoms with Crippen LogP contribution in [-0.2, 0) is 6.54 Å². The molecule has 0 aliphatic carbocycles. The number of pyridine rings is 1. The summed E-state index contributed by atoms with van der Waals surface area (Å²) in [5.41, 5.74) is 6.60. The van der Waals surface area contributed by atoms with Gasteiger partial charge in [-0.15, -0.1) is 0 Å². The van der Waals surface area contributed by atoms with Crippen LogP contribution in [0.15, 0.2) is 42.7 Å². The molecule has 3 aromatic rings. The Morgan fingerprint density at radius 3 is 2.83 bits per heavy atom. The van der Waals surface area contributed by atoms with Gasteiger partial charge < -0.3 is 5.73 Å². The summed E-state index contributed by atoms with van der Waals surface area (Å²) in [7, 11) is 0. The number of aryl methyl sites for hydroxylation is 1. The Bertz CT molecular complexity index is 700. The van der Waals surface area contributed by atoms with E-state index in [1.54, 1.807) is 6.20 Å². The van der Waals surface area contributed by atoms with Gasteiger partial charge in [-0.2, -0.15) is 0 Å². The van der Waals surface area contributed by atoms with E-state index in [1.165, 1.54) is 0 Å². The van der Waals surface area contributed by atoms with Crippen LogP contribution >= 0.6 is 0 Å². The SMILES string of the molecule is Cc1nccn1-c1nc(CN)cc2ccccc12. The average Bonchev–Trinajstić information content (AvgIpc) is 2.83. The first-order valence-electron chi connectivity index (χ1n) is 5.88. The number of hydrogen-bond acceptors (Lipinski definition) is 3. The first-order valence-corrected chi connectivity index (χ1v) is 5.88. The standard InChI is InChI=1S/C14H14N4/c1-10-16-6-7-18(10)14-13-5-3-2-4-11(13)8-12(9-15)17-14/h2-8H,9,15H2,1H3. The van der Waals surface area contributed by atoms with Gasteiger partial charge in [0.15, 0.2) is 0 Å². The molecule has 90 valence electrons. The first-order chi connectivity index (χ1) is 8.79. The zero-order chi connectivity index (χ0) is 12.5. The fourth-order valence-electron chi connectivity index (χ4n) is 2.12. The van der Waals surface area contributed by atoms with Gasteiger partial charge in [0.05, 0.1) is 5.69 Å². The Balaban J connectivity index is 2.36. The quantitative estimate of drug-likeness (QED) is 0.744. The van der Waals surface area contributed by atoms with Gasteiger partial charge in [-0.3, -0.25) is 4.57 Å². The Hall–Kier alpha value is -2.20. The van der Waals surface area contributed by atoms with Crippen LogP contribution in [0.1, 0.15) is 11.5 Å². The Kier molecular flexibility index (Phi) is 2.57. The largest absolute Gasteiger partial charge is 0.325 e. The van der Waals surface area contributed by atoms with Crippen LogP contribution in [0.4, 0.5) is 0 Å². The van der Waals surface area contributed by atoms with Crippen molar-refractivity contribution in [2.45, 2.75) is 13.5 Å². The molecule has 1 aromatic carbocycles. The number of fused-ring (bicyclic) bond motifs is 1. The smallest absolute Gasteiger partial charge is 0.146 e. The van der Waals surface area contributed by atoms with Crippen molar-refractivity contribution in [2.24, 2.45) is 5.73 Å². The zero-order valence-corrected chi connectivity index (χ0v) is 10.2. The predicted octanol–water partition coefficient (Wildman–Crippen LogP) is 2.19. The summed E-state index contributed by atoms with van der Waals surface area (Å²) in [5, 5.41) is 2.26. The summed E-state index contributed by atoms with van der Waals surface area (Å²) in [4.78, 5) is 8.87. The highest BCUT2D eigenvalue weighted by molar-refractivity contribution is 5.88. The molecule has 3 rings (SSSR count). The van der Waals surface area contributed by atoms with E-state index in [0.29, 0.717) is 6.54 Å². The van der Waals surface area contributed by atoms with Gasteiger partial charge in [0.25, 0.3) is 0 Å². The second kappa shape index (κ2) is 4.23. The normalized spacial score (nSPS) is 11.0. The van der Waals surface area contributed by atoms with Crippen molar-refractivity contribution in [3.8, 4) is 5.82 Å². The second-order valence-corrected chi connectivity index (χ2v) is 4.21. The van der Waals surface area contributed by atoms with E-state index >= 15 is 0 Å². The van der Waals surface area contributed by atoms with E-state index in [9.17, 15) is 0 Å². The molecule has 4 heteroatoms. The second-order valence-electron chi connectivity index (χ2n) is 4.21. The molecule has 0 aliphatic rings. The van der Waals surface area contributed by atoms with E-state index < -0.39 is 0 Å². The number of nitrogens with zero attached hydrogens (tertiary/aromatic N) is 3. The van der Waals surface area contributed by atoms with Crippen LogP contribution in [0.5, 0.6) is 0 Å². The Morgan fingerprint density at radius 1 is 1.28 bits per heavy atom. The monoisotopic (exact) mass is 238 g/mol. The topological polar surface area (TPSA) is 56.7 Å². The molecule has 2 N–H and O–H groups in total. The Labute approximate surface area is 105 Å². The third-order valence-electron chi connectivity index (χ3n) is 3.04. The number of benzene rings is 1. The van der Waals surface area contributed by atoms with Gasteiger partial charge in [-0.05, 0) is 18.4 Å². The molecule has 0 saturated heterocycles. The lowest BCUT2D eigenvalue weighted by atomic mass is 10.1. The molecule has 0 saturated carbocycles. The Morgan fingerprint density at radius 2 is 2.11 bits per heavy atom. The molecule has 18 heavy (non-hydrogen) atoms. The lowest BCUT2D eigenvalue weighted by Crippen LogP contribution is -2.06. The molecule has 0 unspecified atom stereocenters. The van der Waals surface area contributed by atoms with Crippen molar-refractivity contribution in [2.75, 3.05) is 0 Å². The van der Waals surface area contributed by atoms with Crippen molar-refractivity contribution in [3.63, 3.8) is 0 Å².